The Bertz CT molecular complexity index is 2000. The van der Waals surface area contributed by atoms with Crippen molar-refractivity contribution in [2.75, 3.05) is 7.11 Å². The van der Waals surface area contributed by atoms with Crippen LogP contribution in [0.3, 0.4) is 0 Å². The largest absolute Gasteiger partial charge is 0.487 e. The summed E-state index contributed by atoms with van der Waals surface area (Å²) < 4.78 is 13.3. The summed E-state index contributed by atoms with van der Waals surface area (Å²) in [5.74, 6) is -0.0333. The van der Waals surface area contributed by atoms with E-state index in [1.165, 1.54) is 7.11 Å². The van der Waals surface area contributed by atoms with E-state index in [1.807, 2.05) is 80.6 Å². The van der Waals surface area contributed by atoms with Gasteiger partial charge < -0.3 is 19.1 Å². The number of pyridine rings is 1. The second kappa shape index (κ2) is 10.8. The lowest BCUT2D eigenvalue weighted by atomic mass is 10.1. The number of carbonyl (C=O) groups is 1. The highest BCUT2D eigenvalue weighted by Crippen LogP contribution is 2.64. The number of methoxy groups -OCH3 is 1. The maximum atomic E-state index is 12.1. The molecule has 0 spiro atoms. The van der Waals surface area contributed by atoms with Crippen LogP contribution in [0.4, 0.5) is 0 Å². The zero-order valence-electron chi connectivity index (χ0n) is 24.6. The topological polar surface area (TPSA) is 112 Å². The fraction of sp³-hybridized carbons (Fsp3) is 0.229. The van der Waals surface area contributed by atoms with Gasteiger partial charge in [-0.1, -0.05) is 62.4 Å². The number of aliphatic carboxylic acids is 1. The molecule has 1 aliphatic rings. The number of fused-ring (bicyclic) bond motifs is 2. The van der Waals surface area contributed by atoms with Crippen LogP contribution in [0.2, 0.25) is 0 Å². The third kappa shape index (κ3) is 5.00. The summed E-state index contributed by atoms with van der Waals surface area (Å²) in [5.41, 5.74) is 6.01. The van der Waals surface area contributed by atoms with Gasteiger partial charge in [0.05, 0.1) is 35.3 Å². The highest BCUT2D eigenvalue weighted by Gasteiger charge is 2.64. The van der Waals surface area contributed by atoms with Crippen LogP contribution in [-0.4, -0.2) is 42.7 Å². The molecule has 44 heavy (non-hydrogen) atoms. The molecule has 3 aromatic carbocycles. The van der Waals surface area contributed by atoms with Crippen LogP contribution in [-0.2, 0) is 17.9 Å². The summed E-state index contributed by atoms with van der Waals surface area (Å²) in [7, 11) is 1.54. The van der Waals surface area contributed by atoms with Crippen molar-refractivity contribution >= 4 is 27.9 Å². The lowest BCUT2D eigenvalue weighted by Gasteiger charge is -2.12. The van der Waals surface area contributed by atoms with Crippen LogP contribution < -0.4 is 9.47 Å². The Morgan fingerprint density at radius 3 is 2.41 bits per heavy atom. The molecule has 0 bridgehead atoms. The van der Waals surface area contributed by atoms with Gasteiger partial charge in [-0.05, 0) is 40.8 Å². The summed E-state index contributed by atoms with van der Waals surface area (Å²) in [4.78, 5) is 30.3. The molecule has 3 heterocycles. The molecule has 0 aliphatic heterocycles. The first-order valence-electron chi connectivity index (χ1n) is 14.5. The Balaban J connectivity index is 1.18. The van der Waals surface area contributed by atoms with Crippen LogP contribution >= 0.6 is 0 Å². The Labute approximate surface area is 254 Å². The molecule has 6 aromatic rings. The zero-order valence-corrected chi connectivity index (χ0v) is 24.6. The fourth-order valence-electron chi connectivity index (χ4n) is 6.10. The van der Waals surface area contributed by atoms with Crippen molar-refractivity contribution in [1.29, 1.82) is 0 Å². The Morgan fingerprint density at radius 2 is 1.68 bits per heavy atom. The second-order valence-corrected chi connectivity index (χ2v) is 11.8. The number of nitrogens with zero attached hydrogens (tertiary/aromatic N) is 5. The van der Waals surface area contributed by atoms with E-state index < -0.39 is 17.3 Å². The second-order valence-electron chi connectivity index (χ2n) is 11.8. The van der Waals surface area contributed by atoms with E-state index in [9.17, 15) is 9.90 Å². The van der Waals surface area contributed by atoms with Gasteiger partial charge in [0.2, 0.25) is 0 Å². The number of hydrogen-bond acceptors (Lipinski definition) is 7. The predicted molar refractivity (Wildman–Crippen MR) is 167 cm³/mol. The number of carboxylic acids is 1. The molecule has 0 saturated heterocycles. The molecule has 220 valence electrons. The first-order chi connectivity index (χ1) is 21.3. The molecule has 7 rings (SSSR count). The lowest BCUT2D eigenvalue weighted by molar-refractivity contribution is -0.139. The van der Waals surface area contributed by atoms with Crippen molar-refractivity contribution < 1.29 is 19.4 Å². The van der Waals surface area contributed by atoms with Crippen LogP contribution in [0.5, 0.6) is 11.8 Å². The van der Waals surface area contributed by atoms with E-state index in [1.54, 1.807) is 12.4 Å². The quantitative estimate of drug-likeness (QED) is 0.205. The van der Waals surface area contributed by atoms with Crippen LogP contribution in [0.1, 0.15) is 36.8 Å². The molecule has 9 nitrogen and oxygen atoms in total. The van der Waals surface area contributed by atoms with Gasteiger partial charge in [0.25, 0.3) is 0 Å². The van der Waals surface area contributed by atoms with E-state index in [0.717, 1.165) is 50.1 Å². The number of para-hydroxylation sites is 1. The van der Waals surface area contributed by atoms with Gasteiger partial charge in [0.1, 0.15) is 18.2 Å². The van der Waals surface area contributed by atoms with Crippen molar-refractivity contribution in [3.63, 3.8) is 0 Å². The van der Waals surface area contributed by atoms with Crippen LogP contribution in [0.25, 0.3) is 33.1 Å². The SMILES string of the molecule is COc1ncc(-c2ccc(Cn3c(C4C(C(=O)O)C4(C)C)nc4cc(OCc5ccc6ccccc6n5)ccc43)cc2)cn1. The Kier molecular flexibility index (Phi) is 6.73. The molecule has 0 radical (unpaired) electrons. The maximum absolute atomic E-state index is 12.1. The van der Waals surface area contributed by atoms with Gasteiger partial charge in [-0.15, -0.1) is 0 Å². The fourth-order valence-corrected chi connectivity index (χ4v) is 6.10. The molecule has 1 saturated carbocycles. The van der Waals surface area contributed by atoms with E-state index in [2.05, 4.69) is 26.7 Å². The minimum absolute atomic E-state index is 0.200. The minimum atomic E-state index is -0.795. The highest BCUT2D eigenvalue weighted by molar-refractivity contribution is 5.81. The smallest absolute Gasteiger partial charge is 0.316 e. The minimum Gasteiger partial charge on any atom is -0.487 e. The van der Waals surface area contributed by atoms with E-state index in [-0.39, 0.29) is 5.92 Å². The summed E-state index contributed by atoms with van der Waals surface area (Å²) >= 11 is 0. The number of carboxylic acid groups (broad SMARTS) is 1. The molecule has 0 amide bonds. The van der Waals surface area contributed by atoms with E-state index in [0.29, 0.717) is 24.9 Å². The molecular weight excluding hydrogens is 554 g/mol. The van der Waals surface area contributed by atoms with Crippen LogP contribution in [0.15, 0.2) is 91.3 Å². The van der Waals surface area contributed by atoms with E-state index >= 15 is 0 Å². The van der Waals surface area contributed by atoms with Gasteiger partial charge in [-0.2, -0.15) is 0 Å². The third-order valence-electron chi connectivity index (χ3n) is 8.60. The van der Waals surface area contributed by atoms with Gasteiger partial charge in [0.15, 0.2) is 0 Å². The average Bonchev–Trinajstić information content (AvgIpc) is 3.46. The van der Waals surface area contributed by atoms with Gasteiger partial charge >= 0.3 is 12.0 Å². The van der Waals surface area contributed by atoms with E-state index in [4.69, 9.17) is 19.4 Å². The van der Waals surface area contributed by atoms with Crippen molar-refractivity contribution in [3.8, 4) is 22.9 Å². The monoisotopic (exact) mass is 585 g/mol. The molecule has 9 heteroatoms. The number of rotatable bonds is 9. The number of aromatic nitrogens is 5. The third-order valence-corrected chi connectivity index (χ3v) is 8.60. The number of hydrogen-bond donors (Lipinski definition) is 1. The van der Waals surface area contributed by atoms with Crippen LogP contribution in [0, 0.1) is 11.3 Å². The van der Waals surface area contributed by atoms with Crippen molar-refractivity contribution in [2.45, 2.75) is 32.9 Å². The summed E-state index contributed by atoms with van der Waals surface area (Å²) in [6, 6.07) is 26.4. The van der Waals surface area contributed by atoms with Crippen molar-refractivity contribution in [3.05, 3.63) is 108 Å². The molecule has 2 unspecified atom stereocenters. The van der Waals surface area contributed by atoms with Gasteiger partial charge in [-0.25, -0.2) is 19.9 Å². The standard InChI is InChI=1S/C35H31N5O4/c1-35(2)30(31(35)33(41)42)32-39-28-16-26(44-20-25-13-12-23-6-4-5-7-27(23)38-25)14-15-29(28)40(32)19-21-8-10-22(11-9-21)24-17-36-34(43-3)37-18-24/h4-18,30-31H,19-20H2,1-3H3,(H,41,42). The van der Waals surface area contributed by atoms with Crippen molar-refractivity contribution in [1.82, 2.24) is 24.5 Å². The van der Waals surface area contributed by atoms with Crippen molar-refractivity contribution in [2.24, 2.45) is 11.3 Å². The Morgan fingerprint density at radius 1 is 0.909 bits per heavy atom. The van der Waals surface area contributed by atoms with Gasteiger partial charge in [0, 0.05) is 41.9 Å². The summed E-state index contributed by atoms with van der Waals surface area (Å²) in [6.07, 6.45) is 3.47. The molecule has 2 atom stereocenters. The maximum Gasteiger partial charge on any atom is 0.316 e. The summed E-state index contributed by atoms with van der Waals surface area (Å²) in [6.45, 7) is 4.87. The first kappa shape index (κ1) is 27.5. The highest BCUT2D eigenvalue weighted by atomic mass is 16.5. The predicted octanol–water partition coefficient (Wildman–Crippen LogP) is 6.50. The van der Waals surface area contributed by atoms with Gasteiger partial charge in [-0.3, -0.25) is 4.79 Å². The number of benzene rings is 3. The average molecular weight is 586 g/mol. The molecule has 3 aromatic heterocycles. The Hall–Kier alpha value is -5.31. The molecule has 1 fully saturated rings. The number of imidazole rings is 1. The number of ether oxygens (including phenoxy) is 2. The molecular formula is C35H31N5O4. The lowest BCUT2D eigenvalue weighted by Crippen LogP contribution is -2.07. The summed E-state index contributed by atoms with van der Waals surface area (Å²) in [5, 5.41) is 11.0. The zero-order chi connectivity index (χ0) is 30.4. The molecule has 1 aliphatic carbocycles. The first-order valence-corrected chi connectivity index (χ1v) is 14.5. The normalized spacial score (nSPS) is 17.1. The molecule has 1 N–H and O–H groups in total.